The molecule has 2 N–H and O–H groups in total. The lowest BCUT2D eigenvalue weighted by molar-refractivity contribution is 0.0146. The van der Waals surface area contributed by atoms with Crippen molar-refractivity contribution in [1.29, 1.82) is 0 Å². The predicted molar refractivity (Wildman–Crippen MR) is 52.5 cm³/mol. The maximum absolute atomic E-state index is 9.83. The molecule has 4 atom stereocenters. The monoisotopic (exact) mass is 196 g/mol. The molecule has 1 heterocycles. The van der Waals surface area contributed by atoms with Crippen LogP contribution < -0.4 is 0 Å². The van der Waals surface area contributed by atoms with E-state index in [9.17, 15) is 5.11 Å². The molecule has 0 spiro atoms. The lowest BCUT2D eigenvalue weighted by Gasteiger charge is -2.38. The summed E-state index contributed by atoms with van der Waals surface area (Å²) in [6.45, 7) is 2.05. The number of aliphatic hydroxyl groups excluding tert-OH is 2. The summed E-state index contributed by atoms with van der Waals surface area (Å²) in [6, 6.07) is 0. The Morgan fingerprint density at radius 3 is 3.07 bits per heavy atom. The molecule has 1 aliphatic carbocycles. The molecule has 0 saturated carbocycles. The predicted octanol–water partition coefficient (Wildman–Crippen LogP) is 0.834. The van der Waals surface area contributed by atoms with Crippen LogP contribution in [-0.2, 0) is 4.74 Å². The Labute approximate surface area is 83.7 Å². The zero-order chi connectivity index (χ0) is 10.1. The Morgan fingerprint density at radius 2 is 2.36 bits per heavy atom. The molecule has 2 aliphatic rings. The third-order valence-electron chi connectivity index (χ3n) is 3.19. The second kappa shape index (κ2) is 3.75. The molecule has 78 valence electrons. The third-order valence-corrected chi connectivity index (χ3v) is 3.19. The summed E-state index contributed by atoms with van der Waals surface area (Å²) >= 11 is 0. The number of fused-ring (bicyclic) bond motifs is 1. The molecule has 3 heteroatoms. The first-order valence-electron chi connectivity index (χ1n) is 5.03. The summed E-state index contributed by atoms with van der Waals surface area (Å²) in [5, 5.41) is 18.9. The quantitative estimate of drug-likeness (QED) is 0.611. The number of aliphatic hydroxyl groups is 2. The van der Waals surface area contributed by atoms with Crippen LogP contribution in [-0.4, -0.2) is 29.0 Å². The van der Waals surface area contributed by atoms with Gasteiger partial charge in [0.15, 0.2) is 0 Å². The Hall–Kier alpha value is -0.800. The van der Waals surface area contributed by atoms with E-state index in [1.165, 1.54) is 0 Å². The van der Waals surface area contributed by atoms with Crippen molar-refractivity contribution in [2.75, 3.05) is 6.61 Å². The van der Waals surface area contributed by atoms with Gasteiger partial charge in [0.05, 0.1) is 25.1 Å². The van der Waals surface area contributed by atoms with Crippen LogP contribution in [0.25, 0.3) is 0 Å². The van der Waals surface area contributed by atoms with Crippen molar-refractivity contribution in [1.82, 2.24) is 0 Å². The summed E-state index contributed by atoms with van der Waals surface area (Å²) in [5.74, 6) is 0.441. The highest BCUT2D eigenvalue weighted by Gasteiger charge is 2.36. The van der Waals surface area contributed by atoms with Gasteiger partial charge in [0.25, 0.3) is 0 Å². The first kappa shape index (κ1) is 9.74. The first-order chi connectivity index (χ1) is 6.72. The minimum Gasteiger partial charge on any atom is -0.498 e. The smallest absolute Gasteiger partial charge is 0.0988 e. The normalized spacial score (nSPS) is 41.2. The van der Waals surface area contributed by atoms with Gasteiger partial charge in [-0.05, 0) is 25.0 Å². The number of rotatable bonds is 1. The number of ether oxygens (including phenoxy) is 1. The maximum atomic E-state index is 9.83. The summed E-state index contributed by atoms with van der Waals surface area (Å²) < 4.78 is 5.39. The minimum absolute atomic E-state index is 0.0384. The lowest BCUT2D eigenvalue weighted by Crippen LogP contribution is -2.39. The largest absolute Gasteiger partial charge is 0.498 e. The van der Waals surface area contributed by atoms with Gasteiger partial charge in [-0.2, -0.15) is 0 Å². The van der Waals surface area contributed by atoms with Crippen molar-refractivity contribution in [3.05, 3.63) is 24.0 Å². The van der Waals surface area contributed by atoms with Crippen LogP contribution in [0.15, 0.2) is 24.0 Å². The SMILES string of the molecule is CC1OC=CC2C(O)C=C(CO)CC12. The fraction of sp³-hybridized carbons (Fsp3) is 0.636. The zero-order valence-electron chi connectivity index (χ0n) is 8.26. The highest BCUT2D eigenvalue weighted by molar-refractivity contribution is 5.18. The Kier molecular flexibility index (Phi) is 2.61. The van der Waals surface area contributed by atoms with Gasteiger partial charge in [-0.1, -0.05) is 6.08 Å². The molecule has 0 amide bonds. The van der Waals surface area contributed by atoms with Crippen LogP contribution in [0, 0.1) is 11.8 Å². The Balaban J connectivity index is 2.22. The molecule has 4 unspecified atom stereocenters. The number of hydrogen-bond donors (Lipinski definition) is 2. The van der Waals surface area contributed by atoms with Crippen LogP contribution in [0.3, 0.4) is 0 Å². The van der Waals surface area contributed by atoms with Gasteiger partial charge < -0.3 is 14.9 Å². The standard InChI is InChI=1S/C11H16O3/c1-7-10-4-8(6-12)5-11(13)9(10)2-3-14-7/h2-3,5,7,9-13H,4,6H2,1H3. The van der Waals surface area contributed by atoms with Crippen LogP contribution >= 0.6 is 0 Å². The van der Waals surface area contributed by atoms with E-state index in [1.54, 1.807) is 12.3 Å². The minimum atomic E-state index is -0.474. The zero-order valence-corrected chi connectivity index (χ0v) is 8.26. The molecule has 0 aromatic heterocycles. The second-order valence-corrected chi connectivity index (χ2v) is 4.09. The van der Waals surface area contributed by atoms with Gasteiger partial charge in [0, 0.05) is 11.8 Å². The summed E-state index contributed by atoms with van der Waals surface area (Å²) in [7, 11) is 0. The van der Waals surface area contributed by atoms with E-state index < -0.39 is 6.10 Å². The third kappa shape index (κ3) is 1.57. The van der Waals surface area contributed by atoms with Gasteiger partial charge in [-0.15, -0.1) is 0 Å². The molecule has 1 aliphatic heterocycles. The van der Waals surface area contributed by atoms with Crippen molar-refractivity contribution in [2.45, 2.75) is 25.6 Å². The average molecular weight is 196 g/mol. The molecule has 0 aromatic rings. The highest BCUT2D eigenvalue weighted by atomic mass is 16.5. The van der Waals surface area contributed by atoms with Crippen molar-refractivity contribution in [3.8, 4) is 0 Å². The van der Waals surface area contributed by atoms with Crippen LogP contribution in [0.1, 0.15) is 13.3 Å². The molecule has 14 heavy (non-hydrogen) atoms. The molecule has 0 bridgehead atoms. The molecule has 0 aromatic carbocycles. The summed E-state index contributed by atoms with van der Waals surface area (Å²) in [5.41, 5.74) is 0.921. The Morgan fingerprint density at radius 1 is 1.57 bits per heavy atom. The van der Waals surface area contributed by atoms with E-state index >= 15 is 0 Å². The second-order valence-electron chi connectivity index (χ2n) is 4.09. The molecule has 3 nitrogen and oxygen atoms in total. The van der Waals surface area contributed by atoms with E-state index in [-0.39, 0.29) is 18.6 Å². The van der Waals surface area contributed by atoms with Crippen LogP contribution in [0.4, 0.5) is 0 Å². The van der Waals surface area contributed by atoms with Gasteiger partial charge in [0.1, 0.15) is 0 Å². The maximum Gasteiger partial charge on any atom is 0.0988 e. The molecule has 0 fully saturated rings. The van der Waals surface area contributed by atoms with Crippen molar-refractivity contribution in [2.24, 2.45) is 11.8 Å². The topological polar surface area (TPSA) is 49.7 Å². The van der Waals surface area contributed by atoms with Gasteiger partial charge in [-0.25, -0.2) is 0 Å². The van der Waals surface area contributed by atoms with E-state index in [1.807, 2.05) is 13.0 Å². The van der Waals surface area contributed by atoms with Gasteiger partial charge in [-0.3, -0.25) is 0 Å². The highest BCUT2D eigenvalue weighted by Crippen LogP contribution is 2.36. The van der Waals surface area contributed by atoms with Crippen LogP contribution in [0.2, 0.25) is 0 Å². The van der Waals surface area contributed by atoms with E-state index in [0.717, 1.165) is 12.0 Å². The molecular weight excluding hydrogens is 180 g/mol. The van der Waals surface area contributed by atoms with Crippen molar-refractivity contribution < 1.29 is 14.9 Å². The van der Waals surface area contributed by atoms with Gasteiger partial charge in [0.2, 0.25) is 0 Å². The molecule has 0 radical (unpaired) electrons. The van der Waals surface area contributed by atoms with E-state index in [2.05, 4.69) is 0 Å². The van der Waals surface area contributed by atoms with Crippen LogP contribution in [0.5, 0.6) is 0 Å². The lowest BCUT2D eigenvalue weighted by atomic mass is 9.74. The van der Waals surface area contributed by atoms with Gasteiger partial charge >= 0.3 is 0 Å². The molecule has 2 rings (SSSR count). The fourth-order valence-electron chi connectivity index (χ4n) is 2.33. The molecular formula is C11H16O3. The van der Waals surface area contributed by atoms with Crippen molar-refractivity contribution >= 4 is 0 Å². The fourth-order valence-corrected chi connectivity index (χ4v) is 2.33. The average Bonchev–Trinajstić information content (AvgIpc) is 2.19. The van der Waals surface area contributed by atoms with E-state index in [0.29, 0.717) is 5.92 Å². The van der Waals surface area contributed by atoms with Crippen molar-refractivity contribution in [3.63, 3.8) is 0 Å². The first-order valence-corrected chi connectivity index (χ1v) is 5.03. The number of hydrogen-bond acceptors (Lipinski definition) is 3. The molecule has 0 saturated heterocycles. The summed E-state index contributed by atoms with van der Waals surface area (Å²) in [6.07, 6.45) is 5.83. The summed E-state index contributed by atoms with van der Waals surface area (Å²) in [4.78, 5) is 0. The Bertz CT molecular complexity index is 270. The van der Waals surface area contributed by atoms with E-state index in [4.69, 9.17) is 9.84 Å².